The van der Waals surface area contributed by atoms with Gasteiger partial charge in [0.1, 0.15) is 23.8 Å². The number of nitrogens with one attached hydrogen (secondary N) is 1. The molecule has 2 aromatic heterocycles. The number of piperazine rings is 1. The first-order valence-corrected chi connectivity index (χ1v) is 10.5. The van der Waals surface area contributed by atoms with Crippen molar-refractivity contribution in [2.75, 3.05) is 49.6 Å². The molecular weight excluding hydrogens is 442 g/mol. The van der Waals surface area contributed by atoms with Gasteiger partial charge in [-0.25, -0.2) is 14.1 Å². The van der Waals surface area contributed by atoms with Gasteiger partial charge in [-0.2, -0.15) is 18.2 Å². The van der Waals surface area contributed by atoms with E-state index < -0.39 is 17.6 Å². The van der Waals surface area contributed by atoms with Crippen LogP contribution in [0.3, 0.4) is 0 Å². The second-order valence-corrected chi connectivity index (χ2v) is 7.93. The van der Waals surface area contributed by atoms with Crippen molar-refractivity contribution in [1.82, 2.24) is 24.6 Å². The molecule has 0 unspecified atom stereocenters. The summed E-state index contributed by atoms with van der Waals surface area (Å²) in [6, 6.07) is 8.11. The fourth-order valence-electron chi connectivity index (χ4n) is 3.83. The van der Waals surface area contributed by atoms with Crippen LogP contribution in [0.25, 0.3) is 5.69 Å². The fraction of sp³-hybridized carbons (Fsp3) is 0.381. The molecule has 2 aliphatic heterocycles. The van der Waals surface area contributed by atoms with Crippen LogP contribution >= 0.6 is 0 Å². The van der Waals surface area contributed by atoms with Gasteiger partial charge in [0, 0.05) is 26.2 Å². The largest absolute Gasteiger partial charge is 0.416 e. The molecule has 3 aromatic rings. The van der Waals surface area contributed by atoms with Gasteiger partial charge in [-0.1, -0.05) is 6.07 Å². The van der Waals surface area contributed by atoms with Crippen LogP contribution in [-0.2, 0) is 10.9 Å². The van der Waals surface area contributed by atoms with Gasteiger partial charge in [-0.15, -0.1) is 5.10 Å². The molecule has 2 saturated heterocycles. The molecule has 0 bridgehead atoms. The minimum absolute atomic E-state index is 0.0216. The number of hydrogen-bond acceptors (Lipinski definition) is 7. The molecule has 0 atom stereocenters. The van der Waals surface area contributed by atoms with Crippen molar-refractivity contribution >= 4 is 17.6 Å². The molecule has 0 amide bonds. The summed E-state index contributed by atoms with van der Waals surface area (Å²) in [7, 11) is 0. The van der Waals surface area contributed by atoms with Crippen LogP contribution in [0, 0.1) is 5.82 Å². The van der Waals surface area contributed by atoms with Crippen LogP contribution in [0.2, 0.25) is 0 Å². The lowest BCUT2D eigenvalue weighted by Crippen LogP contribution is -2.56. The summed E-state index contributed by atoms with van der Waals surface area (Å²) >= 11 is 0. The monoisotopic (exact) mass is 463 g/mol. The van der Waals surface area contributed by atoms with Crippen LogP contribution < -0.4 is 10.2 Å². The normalized spacial score (nSPS) is 17.8. The SMILES string of the molecule is Fc1cccc(-n2cnc(Nc3cc(C(F)(F)F)cc(N4CCN(C5COC5)CC4)n3)n2)c1. The quantitative estimate of drug-likeness (QED) is 0.583. The van der Waals surface area contributed by atoms with Gasteiger partial charge >= 0.3 is 6.18 Å². The second kappa shape index (κ2) is 8.60. The second-order valence-electron chi connectivity index (χ2n) is 7.93. The summed E-state index contributed by atoms with van der Waals surface area (Å²) in [6.45, 7) is 3.99. The Bertz CT molecular complexity index is 1120. The molecule has 0 saturated carbocycles. The van der Waals surface area contributed by atoms with E-state index in [4.69, 9.17) is 4.74 Å². The Hall–Kier alpha value is -3.25. The lowest BCUT2D eigenvalue weighted by atomic mass is 10.1. The van der Waals surface area contributed by atoms with E-state index in [1.54, 1.807) is 6.07 Å². The standard InChI is InChI=1S/C21H21F4N7O/c22-15-2-1-3-16(10-15)32-13-26-20(29-32)28-18-8-14(21(23,24)25)9-19(27-18)31-6-4-30(5-7-31)17-11-33-12-17/h1-3,8-10,13,17H,4-7,11-12H2,(H,27,28,29). The molecule has 1 aromatic carbocycles. The molecule has 2 aliphatic rings. The number of benzene rings is 1. The molecule has 0 spiro atoms. The average Bonchev–Trinajstić information content (AvgIpc) is 3.21. The van der Waals surface area contributed by atoms with Crippen LogP contribution in [0.5, 0.6) is 0 Å². The summed E-state index contributed by atoms with van der Waals surface area (Å²) in [5.74, 6) is -0.175. The van der Waals surface area contributed by atoms with Crippen molar-refractivity contribution in [3.05, 3.63) is 54.1 Å². The zero-order chi connectivity index (χ0) is 23.0. The van der Waals surface area contributed by atoms with Gasteiger partial charge < -0.3 is 15.0 Å². The van der Waals surface area contributed by atoms with E-state index in [1.807, 2.05) is 4.90 Å². The zero-order valence-corrected chi connectivity index (χ0v) is 17.5. The lowest BCUT2D eigenvalue weighted by molar-refractivity contribution is -0.137. The highest BCUT2D eigenvalue weighted by molar-refractivity contribution is 5.56. The molecule has 174 valence electrons. The van der Waals surface area contributed by atoms with Crippen LogP contribution in [0.1, 0.15) is 5.56 Å². The highest BCUT2D eigenvalue weighted by Gasteiger charge is 2.34. The number of pyridine rings is 1. The predicted octanol–water partition coefficient (Wildman–Crippen LogP) is 3.08. The van der Waals surface area contributed by atoms with Crippen LogP contribution in [-0.4, -0.2) is 70.1 Å². The van der Waals surface area contributed by atoms with Gasteiger partial charge in [0.25, 0.3) is 0 Å². The van der Waals surface area contributed by atoms with Crippen molar-refractivity contribution in [3.8, 4) is 5.69 Å². The number of rotatable bonds is 5. The molecule has 0 radical (unpaired) electrons. The summed E-state index contributed by atoms with van der Waals surface area (Å²) in [4.78, 5) is 12.6. The Morgan fingerprint density at radius 3 is 2.48 bits per heavy atom. The molecule has 33 heavy (non-hydrogen) atoms. The third kappa shape index (κ3) is 4.76. The Morgan fingerprint density at radius 1 is 1.03 bits per heavy atom. The van der Waals surface area contributed by atoms with Gasteiger partial charge in [0.05, 0.1) is 30.5 Å². The summed E-state index contributed by atoms with van der Waals surface area (Å²) in [5, 5.41) is 6.91. The number of hydrogen-bond donors (Lipinski definition) is 1. The first kappa shape index (κ1) is 21.6. The summed E-state index contributed by atoms with van der Waals surface area (Å²) < 4.78 is 60.7. The Kier molecular flexibility index (Phi) is 5.62. The molecule has 4 heterocycles. The van der Waals surface area contributed by atoms with Crippen molar-refractivity contribution in [2.45, 2.75) is 12.2 Å². The fourth-order valence-corrected chi connectivity index (χ4v) is 3.83. The Morgan fingerprint density at radius 2 is 1.82 bits per heavy atom. The number of anilines is 3. The number of halogens is 4. The first-order valence-electron chi connectivity index (χ1n) is 10.5. The van der Waals surface area contributed by atoms with Crippen molar-refractivity contribution < 1.29 is 22.3 Å². The maximum atomic E-state index is 13.6. The number of alkyl halides is 3. The maximum Gasteiger partial charge on any atom is 0.416 e. The van der Waals surface area contributed by atoms with E-state index in [1.165, 1.54) is 29.2 Å². The predicted molar refractivity (Wildman–Crippen MR) is 112 cm³/mol. The molecule has 12 heteroatoms. The zero-order valence-electron chi connectivity index (χ0n) is 17.5. The number of nitrogens with zero attached hydrogens (tertiary/aromatic N) is 6. The lowest BCUT2D eigenvalue weighted by Gasteiger charge is -2.43. The third-order valence-corrected chi connectivity index (χ3v) is 5.72. The summed E-state index contributed by atoms with van der Waals surface area (Å²) in [5.41, 5.74) is -0.377. The highest BCUT2D eigenvalue weighted by atomic mass is 19.4. The van der Waals surface area contributed by atoms with E-state index in [-0.39, 0.29) is 17.6 Å². The molecule has 1 N–H and O–H groups in total. The maximum absolute atomic E-state index is 13.6. The van der Waals surface area contributed by atoms with E-state index in [0.717, 1.165) is 25.2 Å². The van der Waals surface area contributed by atoms with Gasteiger partial charge in [-0.05, 0) is 30.3 Å². The Balaban J connectivity index is 1.36. The minimum atomic E-state index is -4.53. The first-order chi connectivity index (χ1) is 15.8. The summed E-state index contributed by atoms with van der Waals surface area (Å²) in [6.07, 6.45) is -3.19. The highest BCUT2D eigenvalue weighted by Crippen LogP contribution is 2.33. The average molecular weight is 463 g/mol. The molecule has 2 fully saturated rings. The molecular formula is C21H21F4N7O. The van der Waals surface area contributed by atoms with Gasteiger partial charge in [0.15, 0.2) is 0 Å². The van der Waals surface area contributed by atoms with Crippen molar-refractivity contribution in [2.24, 2.45) is 0 Å². The van der Waals surface area contributed by atoms with E-state index in [2.05, 4.69) is 25.3 Å². The topological polar surface area (TPSA) is 71.3 Å². The molecule has 0 aliphatic carbocycles. The third-order valence-electron chi connectivity index (χ3n) is 5.72. The number of ether oxygens (including phenoxy) is 1. The van der Waals surface area contributed by atoms with Crippen molar-refractivity contribution in [3.63, 3.8) is 0 Å². The van der Waals surface area contributed by atoms with E-state index in [9.17, 15) is 17.6 Å². The van der Waals surface area contributed by atoms with Crippen LogP contribution in [0.15, 0.2) is 42.7 Å². The molecule has 5 rings (SSSR count). The van der Waals surface area contributed by atoms with Crippen LogP contribution in [0.4, 0.5) is 35.1 Å². The smallest absolute Gasteiger partial charge is 0.378 e. The number of aromatic nitrogens is 4. The van der Waals surface area contributed by atoms with Crippen molar-refractivity contribution in [1.29, 1.82) is 0 Å². The van der Waals surface area contributed by atoms with Gasteiger partial charge in [0.2, 0.25) is 5.95 Å². The van der Waals surface area contributed by atoms with E-state index in [0.29, 0.717) is 38.0 Å². The van der Waals surface area contributed by atoms with E-state index >= 15 is 0 Å². The van der Waals surface area contributed by atoms with Gasteiger partial charge in [-0.3, -0.25) is 4.90 Å². The molecule has 8 nitrogen and oxygen atoms in total. The minimum Gasteiger partial charge on any atom is -0.378 e. The Labute approximate surface area is 186 Å².